The number of amides is 1. The number of nitrogens with one attached hydrogen (secondary N) is 1. The van der Waals surface area contributed by atoms with E-state index in [9.17, 15) is 14.9 Å². The minimum Gasteiger partial charge on any atom is -0.375 e. The number of piperidine rings is 1. The molecule has 1 aliphatic rings. The van der Waals surface area contributed by atoms with E-state index in [1.54, 1.807) is 29.4 Å². The lowest BCUT2D eigenvalue weighted by Gasteiger charge is -2.34. The molecule has 0 bridgehead atoms. The number of halogens is 2. The monoisotopic (exact) mass is 502 g/mol. The molecule has 1 saturated heterocycles. The fourth-order valence-electron chi connectivity index (χ4n) is 4.03. The first-order chi connectivity index (χ1) is 14.8. The topological polar surface area (TPSA) is 88.4 Å². The van der Waals surface area contributed by atoms with Gasteiger partial charge in [-0.2, -0.15) is 0 Å². The van der Waals surface area contributed by atoms with Crippen LogP contribution in [0.3, 0.4) is 0 Å². The van der Waals surface area contributed by atoms with E-state index >= 15 is 0 Å². The first-order valence-corrected chi connectivity index (χ1v) is 11.0. The van der Waals surface area contributed by atoms with E-state index in [1.807, 2.05) is 19.1 Å². The van der Waals surface area contributed by atoms with E-state index in [4.69, 9.17) is 11.6 Å². The number of carbonyl (C=O) groups excluding carboxylic acids is 1. The summed E-state index contributed by atoms with van der Waals surface area (Å²) in [4.78, 5) is 30.4. The Morgan fingerprint density at radius 1 is 1.32 bits per heavy atom. The van der Waals surface area contributed by atoms with E-state index in [0.29, 0.717) is 33.8 Å². The zero-order valence-electron chi connectivity index (χ0n) is 16.8. The van der Waals surface area contributed by atoms with Gasteiger partial charge in [0.2, 0.25) is 0 Å². The van der Waals surface area contributed by atoms with Crippen LogP contribution in [0.5, 0.6) is 0 Å². The third-order valence-electron chi connectivity index (χ3n) is 5.48. The third kappa shape index (κ3) is 4.50. The van der Waals surface area contributed by atoms with E-state index in [2.05, 4.69) is 26.2 Å². The molecule has 3 aromatic rings. The van der Waals surface area contributed by atoms with E-state index in [1.165, 1.54) is 6.07 Å². The first kappa shape index (κ1) is 21.5. The molecule has 0 spiro atoms. The number of nitro benzene ring substituents is 1. The highest BCUT2D eigenvalue weighted by Gasteiger charge is 2.28. The normalized spacial score (nSPS) is 16.4. The van der Waals surface area contributed by atoms with Crippen LogP contribution >= 0.6 is 27.5 Å². The van der Waals surface area contributed by atoms with Gasteiger partial charge in [0.1, 0.15) is 5.69 Å². The Kier molecular flexibility index (Phi) is 6.11. The lowest BCUT2D eigenvalue weighted by molar-refractivity contribution is -0.384. The van der Waals surface area contributed by atoms with Crippen LogP contribution in [-0.2, 0) is 0 Å². The molecule has 4 rings (SSSR count). The zero-order valence-corrected chi connectivity index (χ0v) is 19.1. The maximum atomic E-state index is 13.3. The molecule has 7 nitrogen and oxygen atoms in total. The van der Waals surface area contributed by atoms with Crippen LogP contribution in [0.25, 0.3) is 10.8 Å². The van der Waals surface area contributed by atoms with Gasteiger partial charge in [0, 0.05) is 52.5 Å². The molecule has 9 heteroatoms. The highest BCUT2D eigenvalue weighted by molar-refractivity contribution is 9.10. The molecule has 1 aromatic heterocycles. The summed E-state index contributed by atoms with van der Waals surface area (Å²) >= 11 is 9.39. The Balaban J connectivity index is 1.58. The minimum absolute atomic E-state index is 0.0189. The van der Waals surface area contributed by atoms with Crippen LogP contribution in [0, 0.1) is 17.0 Å². The summed E-state index contributed by atoms with van der Waals surface area (Å²) in [5, 5.41) is 17.1. The van der Waals surface area contributed by atoms with Crippen molar-refractivity contribution >= 4 is 55.6 Å². The molecule has 2 heterocycles. The van der Waals surface area contributed by atoms with Gasteiger partial charge in [0.15, 0.2) is 0 Å². The molecule has 1 unspecified atom stereocenters. The lowest BCUT2D eigenvalue weighted by atomic mass is 10.0. The van der Waals surface area contributed by atoms with Crippen molar-refractivity contribution in [3.8, 4) is 0 Å². The van der Waals surface area contributed by atoms with Gasteiger partial charge in [-0.25, -0.2) is 0 Å². The van der Waals surface area contributed by atoms with Gasteiger partial charge in [0.25, 0.3) is 11.6 Å². The molecule has 31 heavy (non-hydrogen) atoms. The average Bonchev–Trinajstić information content (AvgIpc) is 2.74. The number of hydrogen-bond acceptors (Lipinski definition) is 5. The average molecular weight is 504 g/mol. The zero-order chi connectivity index (χ0) is 22.1. The second kappa shape index (κ2) is 8.80. The van der Waals surface area contributed by atoms with Crippen LogP contribution in [0.1, 0.15) is 28.8 Å². The number of likely N-dealkylation sites (tertiary alicyclic amines) is 1. The number of hydrogen-bond donors (Lipinski definition) is 1. The van der Waals surface area contributed by atoms with Crippen molar-refractivity contribution in [2.24, 2.45) is 0 Å². The smallest absolute Gasteiger partial charge is 0.293 e. The predicted molar refractivity (Wildman–Crippen MR) is 125 cm³/mol. The number of benzene rings is 2. The molecule has 0 saturated carbocycles. The highest BCUT2D eigenvalue weighted by Crippen LogP contribution is 2.33. The molecule has 1 aliphatic heterocycles. The predicted octanol–water partition coefficient (Wildman–Crippen LogP) is 5.58. The number of nitro groups is 1. The molecule has 1 N–H and O–H groups in total. The van der Waals surface area contributed by atoms with Crippen molar-refractivity contribution in [1.29, 1.82) is 0 Å². The Morgan fingerprint density at radius 3 is 2.90 bits per heavy atom. The second-order valence-electron chi connectivity index (χ2n) is 7.66. The van der Waals surface area contributed by atoms with Crippen molar-refractivity contribution in [3.63, 3.8) is 0 Å². The number of aryl methyl sites for hydroxylation is 1. The number of fused-ring (bicyclic) bond motifs is 1. The number of nitrogens with zero attached hydrogens (tertiary/aromatic N) is 3. The highest BCUT2D eigenvalue weighted by atomic mass is 79.9. The Morgan fingerprint density at radius 2 is 2.13 bits per heavy atom. The van der Waals surface area contributed by atoms with Crippen LogP contribution in [0.2, 0.25) is 5.02 Å². The van der Waals surface area contributed by atoms with Gasteiger partial charge in [-0.3, -0.25) is 19.9 Å². The van der Waals surface area contributed by atoms with Gasteiger partial charge in [-0.1, -0.05) is 33.6 Å². The minimum atomic E-state index is -0.390. The Hall–Kier alpha value is -2.71. The fourth-order valence-corrected chi connectivity index (χ4v) is 4.77. The molecule has 2 aromatic carbocycles. The van der Waals surface area contributed by atoms with Crippen molar-refractivity contribution < 1.29 is 9.72 Å². The SMILES string of the molecule is Cc1cc(Br)cc([N+](=O)[O-])c1NC1CCCN(C(=O)c2cncc3cc(Cl)ccc23)C1. The summed E-state index contributed by atoms with van der Waals surface area (Å²) in [6.07, 6.45) is 4.89. The number of pyridine rings is 1. The van der Waals surface area contributed by atoms with Crippen molar-refractivity contribution in [3.05, 3.63) is 73.5 Å². The third-order valence-corrected chi connectivity index (χ3v) is 6.18. The van der Waals surface area contributed by atoms with Crippen LogP contribution in [-0.4, -0.2) is 39.8 Å². The lowest BCUT2D eigenvalue weighted by Crippen LogP contribution is -2.45. The molecule has 0 aliphatic carbocycles. The number of rotatable bonds is 4. The van der Waals surface area contributed by atoms with Crippen LogP contribution in [0.4, 0.5) is 11.4 Å². The van der Waals surface area contributed by atoms with Crippen molar-refractivity contribution in [1.82, 2.24) is 9.88 Å². The number of aromatic nitrogens is 1. The van der Waals surface area contributed by atoms with Gasteiger partial charge < -0.3 is 10.2 Å². The maximum absolute atomic E-state index is 13.3. The molecule has 1 fully saturated rings. The summed E-state index contributed by atoms with van der Waals surface area (Å²) in [5.74, 6) is -0.103. The molecular formula is C22H20BrClN4O3. The van der Waals surface area contributed by atoms with Crippen LogP contribution in [0.15, 0.2) is 47.2 Å². The Bertz CT molecular complexity index is 1190. The van der Waals surface area contributed by atoms with Gasteiger partial charge in [0.05, 0.1) is 10.5 Å². The van der Waals surface area contributed by atoms with Crippen molar-refractivity contribution in [2.45, 2.75) is 25.8 Å². The number of carbonyl (C=O) groups is 1. The molecule has 1 atom stereocenters. The van der Waals surface area contributed by atoms with E-state index < -0.39 is 4.92 Å². The molecule has 0 radical (unpaired) electrons. The van der Waals surface area contributed by atoms with Gasteiger partial charge in [-0.05, 0) is 48.9 Å². The second-order valence-corrected chi connectivity index (χ2v) is 9.01. The van der Waals surface area contributed by atoms with Crippen molar-refractivity contribution in [2.75, 3.05) is 18.4 Å². The van der Waals surface area contributed by atoms with E-state index in [-0.39, 0.29) is 17.6 Å². The molecule has 1 amide bonds. The van der Waals surface area contributed by atoms with Gasteiger partial charge in [-0.15, -0.1) is 0 Å². The van der Waals surface area contributed by atoms with Crippen LogP contribution < -0.4 is 5.32 Å². The summed E-state index contributed by atoms with van der Waals surface area (Å²) in [6.45, 7) is 2.91. The Labute approximate surface area is 192 Å². The quantitative estimate of drug-likeness (QED) is 0.371. The summed E-state index contributed by atoms with van der Waals surface area (Å²) in [7, 11) is 0. The fraction of sp³-hybridized carbons (Fsp3) is 0.273. The number of anilines is 1. The largest absolute Gasteiger partial charge is 0.375 e. The summed E-state index contributed by atoms with van der Waals surface area (Å²) in [5.41, 5.74) is 1.82. The molecular weight excluding hydrogens is 484 g/mol. The van der Waals surface area contributed by atoms with Gasteiger partial charge >= 0.3 is 0 Å². The molecule has 160 valence electrons. The van der Waals surface area contributed by atoms with E-state index in [0.717, 1.165) is 29.2 Å². The first-order valence-electron chi connectivity index (χ1n) is 9.87. The summed E-state index contributed by atoms with van der Waals surface area (Å²) in [6, 6.07) is 8.63. The maximum Gasteiger partial charge on any atom is 0.293 e. The standard InChI is InChI=1S/C22H20BrClN4O3/c1-13-7-15(23)9-20(28(30)31)21(13)26-17-3-2-6-27(12-17)22(29)19-11-25-10-14-8-16(24)4-5-18(14)19/h4-5,7-11,17,26H,2-3,6,12H2,1H3. The summed E-state index contributed by atoms with van der Waals surface area (Å²) < 4.78 is 0.659.